The van der Waals surface area contributed by atoms with Crippen LogP contribution in [0.3, 0.4) is 0 Å². The van der Waals surface area contributed by atoms with E-state index in [1.807, 2.05) is 0 Å². The van der Waals surface area contributed by atoms with Gasteiger partial charge < -0.3 is 39.4 Å². The second kappa shape index (κ2) is 44.3. The number of aliphatic hydroxyl groups is 4. The standard InChI is InChI=1S/C55H84O9/c1-3-5-7-9-11-13-15-17-19-21-23-25-26-28-30-32-34-36-38-40-42-44-51(57)63-49(48-62-55-54(60)53(59)52(58)50(46-56)64-55)47-61-45-43-41-39-37-35-33-31-29-27-24-22-20-18-16-14-12-10-8-6-4-2/h5-8,11-14,17-20,23-25,27-28,30-31,33-34,36-37,39,49-50,52-56,58-60H,3-4,9-10,15-16,21-22,26,29,32,35,38,40-48H2,1-2H3/b7-5-,8-6-,13-11-,14-12-,19-17-,20-18-,25-23-,27-24-,30-28-,33-31-,36-34-,39-37-. The first-order chi connectivity index (χ1) is 31.4. The number of hydrogen-bond acceptors (Lipinski definition) is 9. The molecule has 1 heterocycles. The summed E-state index contributed by atoms with van der Waals surface area (Å²) in [4.78, 5) is 12.8. The Morgan fingerprint density at radius 2 is 0.891 bits per heavy atom. The molecule has 6 unspecified atom stereocenters. The molecule has 0 amide bonds. The molecule has 1 aliphatic heterocycles. The first kappa shape index (κ1) is 58.1. The van der Waals surface area contributed by atoms with Crippen LogP contribution in [-0.2, 0) is 23.7 Å². The molecule has 1 saturated heterocycles. The fraction of sp³-hybridized carbons (Fsp3) is 0.545. The summed E-state index contributed by atoms with van der Waals surface area (Å²) in [7, 11) is 0. The van der Waals surface area contributed by atoms with Crippen LogP contribution in [0.1, 0.15) is 129 Å². The molecule has 0 spiro atoms. The molecule has 0 aliphatic carbocycles. The van der Waals surface area contributed by atoms with Gasteiger partial charge in [-0.2, -0.15) is 0 Å². The highest BCUT2D eigenvalue weighted by Crippen LogP contribution is 2.22. The van der Waals surface area contributed by atoms with E-state index in [1.165, 1.54) is 0 Å². The topological polar surface area (TPSA) is 135 Å². The van der Waals surface area contributed by atoms with Gasteiger partial charge in [0.1, 0.15) is 30.5 Å². The van der Waals surface area contributed by atoms with E-state index in [-0.39, 0.29) is 25.6 Å². The molecule has 1 fully saturated rings. The minimum Gasteiger partial charge on any atom is -0.457 e. The van der Waals surface area contributed by atoms with Gasteiger partial charge in [-0.15, -0.1) is 0 Å². The van der Waals surface area contributed by atoms with Crippen LogP contribution in [0.4, 0.5) is 0 Å². The second-order valence-electron chi connectivity index (χ2n) is 15.4. The molecule has 1 rings (SSSR count). The number of carbonyl (C=O) groups excluding carboxylic acids is 1. The van der Waals surface area contributed by atoms with Gasteiger partial charge >= 0.3 is 5.97 Å². The van der Waals surface area contributed by atoms with Gasteiger partial charge in [0, 0.05) is 13.0 Å². The molecule has 358 valence electrons. The number of carbonyl (C=O) groups is 1. The van der Waals surface area contributed by atoms with Gasteiger partial charge in [0.25, 0.3) is 0 Å². The lowest BCUT2D eigenvalue weighted by atomic mass is 9.99. The smallest absolute Gasteiger partial charge is 0.306 e. The molecule has 0 aromatic rings. The minimum atomic E-state index is -1.57. The van der Waals surface area contributed by atoms with E-state index < -0.39 is 43.4 Å². The Morgan fingerprint density at radius 1 is 0.500 bits per heavy atom. The number of ether oxygens (including phenoxy) is 4. The Bertz CT molecular complexity index is 1480. The van der Waals surface area contributed by atoms with E-state index in [2.05, 4.69) is 160 Å². The Morgan fingerprint density at radius 3 is 1.30 bits per heavy atom. The van der Waals surface area contributed by atoms with Gasteiger partial charge in [-0.25, -0.2) is 0 Å². The molecule has 0 bridgehead atoms. The Kier molecular flexibility index (Phi) is 40.2. The van der Waals surface area contributed by atoms with Crippen molar-refractivity contribution in [1.82, 2.24) is 0 Å². The van der Waals surface area contributed by atoms with E-state index in [1.54, 1.807) is 0 Å². The Hall–Kier alpha value is -3.93. The van der Waals surface area contributed by atoms with Crippen molar-refractivity contribution in [3.05, 3.63) is 146 Å². The van der Waals surface area contributed by atoms with Crippen LogP contribution >= 0.6 is 0 Å². The summed E-state index contributed by atoms with van der Waals surface area (Å²) in [5.41, 5.74) is 0. The summed E-state index contributed by atoms with van der Waals surface area (Å²) in [6.07, 6.45) is 60.3. The second-order valence-corrected chi connectivity index (χ2v) is 15.4. The normalized spacial score (nSPS) is 20.9. The van der Waals surface area contributed by atoms with E-state index >= 15 is 0 Å². The average Bonchev–Trinajstić information content (AvgIpc) is 3.30. The van der Waals surface area contributed by atoms with Crippen LogP contribution < -0.4 is 0 Å². The lowest BCUT2D eigenvalue weighted by Gasteiger charge is -2.39. The fourth-order valence-corrected chi connectivity index (χ4v) is 6.10. The van der Waals surface area contributed by atoms with Crippen LogP contribution in [0.15, 0.2) is 146 Å². The van der Waals surface area contributed by atoms with Gasteiger partial charge in [0.2, 0.25) is 0 Å². The quantitative estimate of drug-likeness (QED) is 0.0271. The largest absolute Gasteiger partial charge is 0.457 e. The van der Waals surface area contributed by atoms with Gasteiger partial charge in [-0.05, 0) is 109 Å². The van der Waals surface area contributed by atoms with E-state index in [0.29, 0.717) is 13.0 Å². The van der Waals surface area contributed by atoms with Crippen LogP contribution in [0, 0.1) is 0 Å². The third kappa shape index (κ3) is 34.5. The number of unbranched alkanes of at least 4 members (excludes halogenated alkanes) is 3. The zero-order chi connectivity index (χ0) is 46.4. The van der Waals surface area contributed by atoms with Crippen molar-refractivity contribution in [3.63, 3.8) is 0 Å². The highest BCUT2D eigenvalue weighted by atomic mass is 16.7. The number of allylic oxidation sites excluding steroid dienone is 24. The first-order valence-corrected chi connectivity index (χ1v) is 23.9. The van der Waals surface area contributed by atoms with Crippen LogP contribution in [-0.4, -0.2) is 89.6 Å². The molecule has 0 saturated carbocycles. The van der Waals surface area contributed by atoms with Crippen LogP contribution in [0.25, 0.3) is 0 Å². The molecule has 0 radical (unpaired) electrons. The molecule has 4 N–H and O–H groups in total. The SMILES string of the molecule is CC/C=C\C/C=C\C/C=C\C/C=C\C/C=C\C/C=C\CCCCC(=O)OC(COCCC/C=C\C/C=C\C/C=C\C/C=C\C/C=C\C/C=C\CC)COC1OC(CO)C(O)C(O)C1O. The molecule has 6 atom stereocenters. The molecular formula is C55H84O9. The number of rotatable bonds is 38. The molecule has 0 aromatic heterocycles. The van der Waals surface area contributed by atoms with E-state index in [9.17, 15) is 25.2 Å². The first-order valence-electron chi connectivity index (χ1n) is 23.9. The Labute approximate surface area is 387 Å². The predicted molar refractivity (Wildman–Crippen MR) is 265 cm³/mol. The predicted octanol–water partition coefficient (Wildman–Crippen LogP) is 11.5. The summed E-state index contributed by atoms with van der Waals surface area (Å²) < 4.78 is 22.7. The molecular weight excluding hydrogens is 805 g/mol. The molecule has 64 heavy (non-hydrogen) atoms. The number of esters is 1. The zero-order valence-corrected chi connectivity index (χ0v) is 39.2. The maximum atomic E-state index is 12.8. The lowest BCUT2D eigenvalue weighted by Crippen LogP contribution is -2.59. The lowest BCUT2D eigenvalue weighted by molar-refractivity contribution is -0.305. The summed E-state index contributed by atoms with van der Waals surface area (Å²) in [5, 5.41) is 40.2. The van der Waals surface area contributed by atoms with Crippen molar-refractivity contribution in [2.45, 2.75) is 166 Å². The van der Waals surface area contributed by atoms with Crippen LogP contribution in [0.5, 0.6) is 0 Å². The Balaban J connectivity index is 2.36. The van der Waals surface area contributed by atoms with Crippen molar-refractivity contribution in [3.8, 4) is 0 Å². The molecule has 9 nitrogen and oxygen atoms in total. The van der Waals surface area contributed by atoms with Crippen molar-refractivity contribution >= 4 is 5.97 Å². The fourth-order valence-electron chi connectivity index (χ4n) is 6.10. The van der Waals surface area contributed by atoms with E-state index in [4.69, 9.17) is 18.9 Å². The van der Waals surface area contributed by atoms with Crippen LogP contribution in [0.2, 0.25) is 0 Å². The van der Waals surface area contributed by atoms with Crippen molar-refractivity contribution in [1.29, 1.82) is 0 Å². The molecule has 1 aliphatic rings. The van der Waals surface area contributed by atoms with Gasteiger partial charge in [0.15, 0.2) is 6.29 Å². The van der Waals surface area contributed by atoms with Crippen molar-refractivity contribution in [2.75, 3.05) is 26.4 Å². The third-order valence-electron chi connectivity index (χ3n) is 9.75. The highest BCUT2D eigenvalue weighted by Gasteiger charge is 2.44. The van der Waals surface area contributed by atoms with E-state index in [0.717, 1.165) is 103 Å². The van der Waals surface area contributed by atoms with Gasteiger partial charge in [0.05, 0.1) is 19.8 Å². The highest BCUT2D eigenvalue weighted by molar-refractivity contribution is 5.69. The summed E-state index contributed by atoms with van der Waals surface area (Å²) in [6.45, 7) is 4.08. The zero-order valence-electron chi connectivity index (χ0n) is 39.2. The van der Waals surface area contributed by atoms with Crippen molar-refractivity contribution < 1.29 is 44.2 Å². The van der Waals surface area contributed by atoms with Crippen molar-refractivity contribution in [2.24, 2.45) is 0 Å². The maximum absolute atomic E-state index is 12.8. The van der Waals surface area contributed by atoms with Gasteiger partial charge in [-0.3, -0.25) is 4.79 Å². The molecule has 9 heteroatoms. The number of aliphatic hydroxyl groups excluding tert-OH is 4. The third-order valence-corrected chi connectivity index (χ3v) is 9.75. The summed E-state index contributed by atoms with van der Waals surface area (Å²) >= 11 is 0. The summed E-state index contributed by atoms with van der Waals surface area (Å²) in [6, 6.07) is 0. The molecule has 0 aromatic carbocycles. The maximum Gasteiger partial charge on any atom is 0.306 e. The average molecular weight is 889 g/mol. The van der Waals surface area contributed by atoms with Gasteiger partial charge in [-0.1, -0.05) is 160 Å². The monoisotopic (exact) mass is 889 g/mol. The summed E-state index contributed by atoms with van der Waals surface area (Å²) in [5.74, 6) is -0.383. The minimum absolute atomic E-state index is 0.0749. The number of hydrogen-bond donors (Lipinski definition) is 4.